The molecule has 1 aliphatic rings. The maximum atomic E-state index is 6.38. The average Bonchev–Trinajstić information content (AvgIpc) is 4.11. The number of benzene rings is 10. The summed E-state index contributed by atoms with van der Waals surface area (Å²) >= 11 is 0. The Labute approximate surface area is 374 Å². The summed E-state index contributed by atoms with van der Waals surface area (Å²) in [6.07, 6.45) is 0. The van der Waals surface area contributed by atoms with Crippen LogP contribution in [0.5, 0.6) is 0 Å². The van der Waals surface area contributed by atoms with Crippen molar-refractivity contribution < 1.29 is 8.83 Å². The molecule has 0 saturated heterocycles. The lowest BCUT2D eigenvalue weighted by Gasteiger charge is -2.09. The van der Waals surface area contributed by atoms with Crippen LogP contribution in [0.4, 0.5) is 0 Å². The molecule has 0 saturated carbocycles. The molecule has 3 nitrogen and oxygen atoms in total. The Kier molecular flexibility index (Phi) is 7.55. The van der Waals surface area contributed by atoms with Gasteiger partial charge in [0.1, 0.15) is 22.3 Å². The minimum atomic E-state index is 0.886. The van der Waals surface area contributed by atoms with E-state index < -0.39 is 0 Å². The van der Waals surface area contributed by atoms with E-state index in [1.165, 1.54) is 49.7 Å². The molecule has 0 bridgehead atoms. The third-order valence-corrected chi connectivity index (χ3v) is 13.7. The predicted octanol–water partition coefficient (Wildman–Crippen LogP) is 17.3. The molecule has 3 heterocycles. The highest BCUT2D eigenvalue weighted by atomic mass is 16.3. The van der Waals surface area contributed by atoms with Gasteiger partial charge in [0.25, 0.3) is 0 Å². The predicted molar refractivity (Wildman–Crippen MR) is 271 cm³/mol. The van der Waals surface area contributed by atoms with Gasteiger partial charge in [-0.15, -0.1) is 0 Å². The molecule has 0 atom stereocenters. The summed E-state index contributed by atoms with van der Waals surface area (Å²) in [5, 5.41) is 6.87. The second-order valence-corrected chi connectivity index (χ2v) is 17.3. The molecule has 65 heavy (non-hydrogen) atoms. The molecule has 0 radical (unpaired) electrons. The molecule has 1 aliphatic carbocycles. The van der Waals surface area contributed by atoms with Crippen LogP contribution in [0.25, 0.3) is 133 Å². The molecular weight excluding hydrogens is 791 g/mol. The molecule has 13 aromatic rings. The third-order valence-electron chi connectivity index (χ3n) is 13.7. The van der Waals surface area contributed by atoms with E-state index in [0.717, 1.165) is 94.0 Å². The first-order chi connectivity index (χ1) is 32.1. The number of nitrogens with zero attached hydrogens (tertiary/aromatic N) is 1. The molecule has 0 fully saturated rings. The fourth-order valence-corrected chi connectivity index (χ4v) is 10.6. The zero-order valence-corrected chi connectivity index (χ0v) is 35.2. The quantitative estimate of drug-likeness (QED) is 0.173. The van der Waals surface area contributed by atoms with Gasteiger partial charge in [0.15, 0.2) is 0 Å². The summed E-state index contributed by atoms with van der Waals surface area (Å²) in [4.78, 5) is 0. The fraction of sp³-hybridized carbons (Fsp3) is 0. The van der Waals surface area contributed by atoms with Gasteiger partial charge in [-0.1, -0.05) is 134 Å². The first-order valence-electron chi connectivity index (χ1n) is 22.2. The molecule has 0 amide bonds. The second-order valence-electron chi connectivity index (χ2n) is 17.3. The Bertz CT molecular complexity index is 4110. The molecular formula is C62H37NO2. The van der Waals surface area contributed by atoms with E-state index in [1.807, 2.05) is 0 Å². The first-order valence-corrected chi connectivity index (χ1v) is 22.2. The van der Waals surface area contributed by atoms with Crippen LogP contribution in [-0.2, 0) is 0 Å². The van der Waals surface area contributed by atoms with Gasteiger partial charge < -0.3 is 13.4 Å². The molecule has 302 valence electrons. The summed E-state index contributed by atoms with van der Waals surface area (Å²) in [5.74, 6) is 0. The number of hydrogen-bond donors (Lipinski definition) is 0. The van der Waals surface area contributed by atoms with Crippen molar-refractivity contribution in [2.45, 2.75) is 0 Å². The maximum Gasteiger partial charge on any atom is 0.135 e. The standard InChI is InChI=1S/C62H37NO2/c1-37-49-31-42(44-21-29-59-52(34-44)50-32-40(19-27-57(50)64-59)38-11-5-2-6-12-38)17-23-47(49)48-24-26-56-62(61(37)48)54-36-43(18-25-55(54)63(56)46-15-9-4-10-16-46)45-22-30-60-53(35-45)51-33-41(20-28-58(51)65-60)39-13-7-3-8-14-39/h2-36H,1H2. The third kappa shape index (κ3) is 5.43. The normalized spacial score (nSPS) is 12.3. The SMILES string of the molecule is C=C1c2cc(-c3ccc4oc5ccc(-c6ccccc6)cc5c4c3)ccc2-c2ccc3c(c21)c1cc(-c2ccc4oc5ccc(-c6ccccc6)cc5c4c2)ccc1n3-c1ccccc1. The van der Waals surface area contributed by atoms with Gasteiger partial charge >= 0.3 is 0 Å². The van der Waals surface area contributed by atoms with Crippen LogP contribution in [0.15, 0.2) is 228 Å². The second kappa shape index (κ2) is 13.7. The van der Waals surface area contributed by atoms with Crippen molar-refractivity contribution in [3.8, 4) is 61.3 Å². The van der Waals surface area contributed by atoms with Crippen LogP contribution >= 0.6 is 0 Å². The molecule has 0 aliphatic heterocycles. The Morgan fingerprint density at radius 1 is 0.308 bits per heavy atom. The number of furan rings is 2. The summed E-state index contributed by atoms with van der Waals surface area (Å²) in [5.41, 5.74) is 22.2. The van der Waals surface area contributed by atoms with E-state index in [-0.39, 0.29) is 0 Å². The lowest BCUT2D eigenvalue weighted by molar-refractivity contribution is 0.668. The zero-order valence-electron chi connectivity index (χ0n) is 35.2. The highest BCUT2D eigenvalue weighted by Crippen LogP contribution is 2.51. The van der Waals surface area contributed by atoms with E-state index >= 15 is 0 Å². The summed E-state index contributed by atoms with van der Waals surface area (Å²) in [7, 11) is 0. The summed E-state index contributed by atoms with van der Waals surface area (Å²) in [6.45, 7) is 4.86. The number of rotatable bonds is 5. The van der Waals surface area contributed by atoms with Crippen molar-refractivity contribution in [3.05, 3.63) is 230 Å². The lowest BCUT2D eigenvalue weighted by atomic mass is 9.96. The zero-order chi connectivity index (χ0) is 42.8. The van der Waals surface area contributed by atoms with Crippen LogP contribution in [-0.4, -0.2) is 4.57 Å². The topological polar surface area (TPSA) is 31.2 Å². The molecule has 3 heteroatoms. The van der Waals surface area contributed by atoms with Crippen LogP contribution in [0, 0.1) is 0 Å². The maximum absolute atomic E-state index is 6.38. The van der Waals surface area contributed by atoms with Crippen molar-refractivity contribution in [2.75, 3.05) is 0 Å². The van der Waals surface area contributed by atoms with Gasteiger partial charge in [0.2, 0.25) is 0 Å². The van der Waals surface area contributed by atoms with Crippen LogP contribution in [0.2, 0.25) is 0 Å². The van der Waals surface area contributed by atoms with E-state index in [2.05, 4.69) is 217 Å². The minimum absolute atomic E-state index is 0.886. The van der Waals surface area contributed by atoms with Crippen molar-refractivity contribution in [2.24, 2.45) is 0 Å². The first kappa shape index (κ1) is 35.9. The number of para-hydroxylation sites is 1. The van der Waals surface area contributed by atoms with Crippen molar-refractivity contribution in [1.82, 2.24) is 4.57 Å². The van der Waals surface area contributed by atoms with Gasteiger partial charge in [-0.2, -0.15) is 0 Å². The van der Waals surface area contributed by atoms with Crippen LogP contribution < -0.4 is 0 Å². The Morgan fingerprint density at radius 3 is 1.23 bits per heavy atom. The molecule has 3 aromatic heterocycles. The monoisotopic (exact) mass is 827 g/mol. The van der Waals surface area contributed by atoms with Gasteiger partial charge in [-0.05, 0) is 157 Å². The van der Waals surface area contributed by atoms with E-state index in [0.29, 0.717) is 0 Å². The molecule has 0 N–H and O–H groups in total. The number of fused-ring (bicyclic) bond motifs is 13. The number of hydrogen-bond acceptors (Lipinski definition) is 2. The summed E-state index contributed by atoms with van der Waals surface area (Å²) < 4.78 is 15.1. The van der Waals surface area contributed by atoms with Crippen molar-refractivity contribution >= 4 is 71.3 Å². The molecule has 14 rings (SSSR count). The smallest absolute Gasteiger partial charge is 0.135 e. The van der Waals surface area contributed by atoms with Crippen LogP contribution in [0.1, 0.15) is 11.1 Å². The molecule has 10 aromatic carbocycles. The van der Waals surface area contributed by atoms with Gasteiger partial charge in [-0.3, -0.25) is 0 Å². The Hall–Kier alpha value is -8.66. The molecule has 0 unspecified atom stereocenters. The fourth-order valence-electron chi connectivity index (χ4n) is 10.6. The lowest BCUT2D eigenvalue weighted by Crippen LogP contribution is -1.93. The van der Waals surface area contributed by atoms with Gasteiger partial charge in [0.05, 0.1) is 11.0 Å². The van der Waals surface area contributed by atoms with E-state index in [4.69, 9.17) is 15.4 Å². The van der Waals surface area contributed by atoms with Crippen molar-refractivity contribution in [3.63, 3.8) is 0 Å². The van der Waals surface area contributed by atoms with Gasteiger partial charge in [-0.25, -0.2) is 0 Å². The highest BCUT2D eigenvalue weighted by Gasteiger charge is 2.28. The summed E-state index contributed by atoms with van der Waals surface area (Å²) in [6, 6.07) is 76.3. The highest BCUT2D eigenvalue weighted by molar-refractivity contribution is 6.21. The van der Waals surface area contributed by atoms with E-state index in [9.17, 15) is 0 Å². The number of aromatic nitrogens is 1. The van der Waals surface area contributed by atoms with Crippen molar-refractivity contribution in [1.29, 1.82) is 0 Å². The largest absolute Gasteiger partial charge is 0.456 e. The average molecular weight is 828 g/mol. The Morgan fingerprint density at radius 2 is 0.708 bits per heavy atom. The minimum Gasteiger partial charge on any atom is -0.456 e. The van der Waals surface area contributed by atoms with E-state index in [1.54, 1.807) is 0 Å². The van der Waals surface area contributed by atoms with Gasteiger partial charge in [0, 0.05) is 38.0 Å². The molecule has 0 spiro atoms. The van der Waals surface area contributed by atoms with Crippen LogP contribution in [0.3, 0.4) is 0 Å². The Balaban J connectivity index is 0.907.